The molecule has 0 aliphatic carbocycles. The van der Waals surface area contributed by atoms with E-state index in [4.69, 9.17) is 4.74 Å². The van der Waals surface area contributed by atoms with Gasteiger partial charge in [0.15, 0.2) is 0 Å². The predicted molar refractivity (Wildman–Crippen MR) is 73.7 cm³/mol. The molecular weight excluding hydrogens is 252 g/mol. The Morgan fingerprint density at radius 3 is 2.61 bits per heavy atom. The van der Waals surface area contributed by atoms with Gasteiger partial charge in [0, 0.05) is 12.2 Å². The molecule has 0 bridgehead atoms. The number of ether oxygens (including phenoxy) is 1. The van der Waals surface area contributed by atoms with Crippen LogP contribution in [0.1, 0.15) is 12.5 Å². The lowest BCUT2D eigenvalue weighted by Gasteiger charge is -2.10. The maximum absolute atomic E-state index is 11.8. The Labute approximate surface area is 109 Å². The summed E-state index contributed by atoms with van der Waals surface area (Å²) in [5.74, 6) is 0.803. The molecule has 0 amide bonds. The largest absolute Gasteiger partial charge is 0.496 e. The van der Waals surface area contributed by atoms with Crippen LogP contribution in [0.4, 0.5) is 5.69 Å². The fraction of sp³-hybridized carbons (Fsp3) is 0.500. The van der Waals surface area contributed by atoms with E-state index >= 15 is 0 Å². The van der Waals surface area contributed by atoms with E-state index in [1.807, 2.05) is 13.8 Å². The van der Waals surface area contributed by atoms with Crippen LogP contribution < -0.4 is 14.8 Å². The minimum Gasteiger partial charge on any atom is -0.496 e. The molecule has 0 aromatic heterocycles. The lowest BCUT2D eigenvalue weighted by Crippen LogP contribution is -2.26. The Kier molecular flexibility index (Phi) is 5.43. The third-order valence-corrected chi connectivity index (χ3v) is 3.75. The van der Waals surface area contributed by atoms with E-state index in [9.17, 15) is 8.42 Å². The van der Waals surface area contributed by atoms with Crippen molar-refractivity contribution in [2.24, 2.45) is 0 Å². The van der Waals surface area contributed by atoms with Gasteiger partial charge in [0.25, 0.3) is 0 Å². The lowest BCUT2D eigenvalue weighted by molar-refractivity contribution is 0.412. The highest BCUT2D eigenvalue weighted by Crippen LogP contribution is 2.21. The predicted octanol–water partition coefficient (Wildman–Crippen LogP) is 1.35. The van der Waals surface area contributed by atoms with E-state index in [0.717, 1.165) is 17.9 Å². The van der Waals surface area contributed by atoms with Gasteiger partial charge in [-0.15, -0.1) is 0 Å². The van der Waals surface area contributed by atoms with Crippen molar-refractivity contribution < 1.29 is 13.2 Å². The van der Waals surface area contributed by atoms with Gasteiger partial charge in [0.1, 0.15) is 5.75 Å². The van der Waals surface area contributed by atoms with Gasteiger partial charge in [0.2, 0.25) is 10.0 Å². The SMILES string of the molecule is CCNCCS(=O)(=O)Nc1ccc(OC)c(C)c1. The van der Waals surface area contributed by atoms with Crippen molar-refractivity contribution in [3.8, 4) is 5.75 Å². The van der Waals surface area contributed by atoms with Crippen LogP contribution in [0.3, 0.4) is 0 Å². The maximum atomic E-state index is 11.8. The summed E-state index contributed by atoms with van der Waals surface area (Å²) in [6.07, 6.45) is 0. The third kappa shape index (κ3) is 4.54. The highest BCUT2D eigenvalue weighted by atomic mass is 32.2. The van der Waals surface area contributed by atoms with Gasteiger partial charge in [-0.05, 0) is 37.2 Å². The van der Waals surface area contributed by atoms with E-state index in [1.165, 1.54) is 0 Å². The molecular formula is C12H20N2O3S. The number of sulfonamides is 1. The molecule has 0 saturated carbocycles. The van der Waals surface area contributed by atoms with Crippen molar-refractivity contribution in [2.45, 2.75) is 13.8 Å². The average molecular weight is 272 g/mol. The summed E-state index contributed by atoms with van der Waals surface area (Å²) in [5, 5.41) is 2.98. The summed E-state index contributed by atoms with van der Waals surface area (Å²) >= 11 is 0. The minimum atomic E-state index is -3.30. The molecule has 0 saturated heterocycles. The van der Waals surface area contributed by atoms with Gasteiger partial charge in [-0.1, -0.05) is 6.92 Å². The topological polar surface area (TPSA) is 67.4 Å². The number of hydrogen-bond acceptors (Lipinski definition) is 4. The van der Waals surface area contributed by atoms with Crippen LogP contribution >= 0.6 is 0 Å². The quantitative estimate of drug-likeness (QED) is 0.735. The van der Waals surface area contributed by atoms with E-state index in [0.29, 0.717) is 12.2 Å². The summed E-state index contributed by atoms with van der Waals surface area (Å²) in [5.41, 5.74) is 1.45. The molecule has 1 rings (SSSR count). The second kappa shape index (κ2) is 6.61. The number of rotatable bonds is 7. The Morgan fingerprint density at radius 2 is 2.06 bits per heavy atom. The van der Waals surface area contributed by atoms with Gasteiger partial charge < -0.3 is 10.1 Å². The van der Waals surface area contributed by atoms with Crippen LogP contribution in [-0.2, 0) is 10.0 Å². The van der Waals surface area contributed by atoms with Crippen molar-refractivity contribution in [1.82, 2.24) is 5.32 Å². The zero-order valence-corrected chi connectivity index (χ0v) is 11.8. The normalized spacial score (nSPS) is 11.3. The van der Waals surface area contributed by atoms with Crippen LogP contribution in [-0.4, -0.2) is 34.4 Å². The molecule has 0 radical (unpaired) electrons. The average Bonchev–Trinajstić information content (AvgIpc) is 2.29. The molecule has 0 heterocycles. The second-order valence-corrected chi connectivity index (χ2v) is 5.80. The first kappa shape index (κ1) is 14.8. The Morgan fingerprint density at radius 1 is 1.33 bits per heavy atom. The highest BCUT2D eigenvalue weighted by molar-refractivity contribution is 7.92. The van der Waals surface area contributed by atoms with Gasteiger partial charge in [-0.25, -0.2) is 8.42 Å². The molecule has 18 heavy (non-hydrogen) atoms. The second-order valence-electron chi connectivity index (χ2n) is 3.96. The molecule has 5 nitrogen and oxygen atoms in total. The molecule has 1 aromatic rings. The Bertz CT molecular complexity index is 486. The number of hydrogen-bond donors (Lipinski definition) is 2. The molecule has 0 fully saturated rings. The first-order valence-electron chi connectivity index (χ1n) is 5.84. The van der Waals surface area contributed by atoms with Crippen LogP contribution in [0, 0.1) is 6.92 Å². The summed E-state index contributed by atoms with van der Waals surface area (Å²) in [7, 11) is -1.71. The van der Waals surface area contributed by atoms with Crippen molar-refractivity contribution in [1.29, 1.82) is 0 Å². The van der Waals surface area contributed by atoms with Crippen LogP contribution in [0.2, 0.25) is 0 Å². The fourth-order valence-corrected chi connectivity index (χ4v) is 2.56. The molecule has 6 heteroatoms. The summed E-state index contributed by atoms with van der Waals surface area (Å²) in [6, 6.07) is 5.19. The van der Waals surface area contributed by atoms with Crippen LogP contribution in [0.5, 0.6) is 5.75 Å². The van der Waals surface area contributed by atoms with Crippen LogP contribution in [0.15, 0.2) is 18.2 Å². The molecule has 0 spiro atoms. The van der Waals surface area contributed by atoms with Crippen molar-refractivity contribution >= 4 is 15.7 Å². The lowest BCUT2D eigenvalue weighted by atomic mass is 10.2. The molecule has 102 valence electrons. The molecule has 2 N–H and O–H groups in total. The van der Waals surface area contributed by atoms with Gasteiger partial charge in [-0.2, -0.15) is 0 Å². The van der Waals surface area contributed by atoms with Crippen molar-refractivity contribution in [3.05, 3.63) is 23.8 Å². The minimum absolute atomic E-state index is 0.0614. The first-order valence-corrected chi connectivity index (χ1v) is 7.49. The van der Waals surface area contributed by atoms with Gasteiger partial charge >= 0.3 is 0 Å². The molecule has 0 atom stereocenters. The van der Waals surface area contributed by atoms with E-state index in [-0.39, 0.29) is 5.75 Å². The summed E-state index contributed by atoms with van der Waals surface area (Å²) < 4.78 is 31.2. The number of nitrogens with one attached hydrogen (secondary N) is 2. The fourth-order valence-electron chi connectivity index (χ4n) is 1.56. The zero-order valence-electron chi connectivity index (χ0n) is 11.0. The number of aryl methyl sites for hydroxylation is 1. The molecule has 0 aliphatic heterocycles. The highest BCUT2D eigenvalue weighted by Gasteiger charge is 2.10. The Hall–Kier alpha value is -1.27. The first-order chi connectivity index (χ1) is 8.48. The number of methoxy groups -OCH3 is 1. The van der Waals surface area contributed by atoms with E-state index in [2.05, 4.69) is 10.0 Å². The summed E-state index contributed by atoms with van der Waals surface area (Å²) in [6.45, 7) is 5.01. The van der Waals surface area contributed by atoms with Gasteiger partial charge in [0.05, 0.1) is 12.9 Å². The molecule has 1 aromatic carbocycles. The van der Waals surface area contributed by atoms with Crippen LogP contribution in [0.25, 0.3) is 0 Å². The van der Waals surface area contributed by atoms with E-state index < -0.39 is 10.0 Å². The van der Waals surface area contributed by atoms with Gasteiger partial charge in [-0.3, -0.25) is 4.72 Å². The van der Waals surface area contributed by atoms with E-state index in [1.54, 1.807) is 25.3 Å². The Balaban J connectivity index is 2.69. The third-order valence-electron chi connectivity index (χ3n) is 2.47. The monoisotopic (exact) mass is 272 g/mol. The van der Waals surface area contributed by atoms with Crippen molar-refractivity contribution in [2.75, 3.05) is 30.7 Å². The summed E-state index contributed by atoms with van der Waals surface area (Å²) in [4.78, 5) is 0. The number of benzene rings is 1. The molecule has 0 aliphatic rings. The van der Waals surface area contributed by atoms with Crippen molar-refractivity contribution in [3.63, 3.8) is 0 Å². The maximum Gasteiger partial charge on any atom is 0.233 e. The molecule has 0 unspecified atom stereocenters. The smallest absolute Gasteiger partial charge is 0.233 e. The number of anilines is 1. The standard InChI is InChI=1S/C12H20N2O3S/c1-4-13-7-8-18(15,16)14-11-5-6-12(17-3)10(2)9-11/h5-6,9,13-14H,4,7-8H2,1-3H3. The zero-order chi connectivity index (χ0) is 13.6.